The highest BCUT2D eigenvalue weighted by atomic mass is 16.5. The van der Waals surface area contributed by atoms with E-state index in [0.29, 0.717) is 35.5 Å². The molecule has 12 nitrogen and oxygen atoms in total. The third-order valence-electron chi connectivity index (χ3n) is 6.44. The zero-order chi connectivity index (χ0) is 26.3. The van der Waals surface area contributed by atoms with E-state index in [-0.39, 0.29) is 36.4 Å². The Kier molecular flexibility index (Phi) is 6.04. The Labute approximate surface area is 211 Å². The molecule has 0 bridgehead atoms. The first-order valence-corrected chi connectivity index (χ1v) is 11.6. The van der Waals surface area contributed by atoms with Crippen LogP contribution in [-0.4, -0.2) is 79.4 Å². The third kappa shape index (κ3) is 4.35. The van der Waals surface area contributed by atoms with Gasteiger partial charge in [0.2, 0.25) is 0 Å². The number of pyridine rings is 1. The summed E-state index contributed by atoms with van der Waals surface area (Å²) in [5, 5.41) is 7.69. The average Bonchev–Trinajstić information content (AvgIpc) is 3.52. The van der Waals surface area contributed by atoms with Gasteiger partial charge in [-0.05, 0) is 43.9 Å². The number of ether oxygens (including phenoxy) is 1. The number of amides is 5. The molecule has 3 aromatic rings. The van der Waals surface area contributed by atoms with Gasteiger partial charge in [-0.2, -0.15) is 0 Å². The van der Waals surface area contributed by atoms with Crippen molar-refractivity contribution in [3.63, 3.8) is 0 Å². The molecule has 1 aromatic carbocycles. The minimum Gasteiger partial charge on any atom is -0.497 e. The van der Waals surface area contributed by atoms with E-state index in [1.54, 1.807) is 24.3 Å². The second-order valence-corrected chi connectivity index (χ2v) is 9.25. The lowest BCUT2D eigenvalue weighted by molar-refractivity contribution is -0.125. The molecule has 5 rings (SSSR count). The van der Waals surface area contributed by atoms with Crippen LogP contribution in [0.4, 0.5) is 4.79 Å². The number of likely N-dealkylation sites (N-methyl/N-ethyl adjacent to an activating group) is 1. The number of methoxy groups -OCH3 is 1. The van der Waals surface area contributed by atoms with Crippen molar-refractivity contribution in [1.29, 1.82) is 0 Å². The number of nitrogens with zero attached hydrogens (tertiary/aromatic N) is 3. The van der Waals surface area contributed by atoms with Crippen LogP contribution in [0.1, 0.15) is 32.2 Å². The number of aromatic nitrogens is 1. The van der Waals surface area contributed by atoms with Crippen molar-refractivity contribution in [3.8, 4) is 5.75 Å². The minimum atomic E-state index is -1.67. The first kappa shape index (κ1) is 24.3. The van der Waals surface area contributed by atoms with Crippen molar-refractivity contribution < 1.29 is 28.3 Å². The first-order chi connectivity index (χ1) is 17.7. The van der Waals surface area contributed by atoms with Gasteiger partial charge >= 0.3 is 6.03 Å². The maximum atomic E-state index is 13.2. The molecule has 192 valence electrons. The van der Waals surface area contributed by atoms with E-state index in [1.807, 2.05) is 19.0 Å². The summed E-state index contributed by atoms with van der Waals surface area (Å²) in [6, 6.07) is 9.11. The summed E-state index contributed by atoms with van der Waals surface area (Å²) < 4.78 is 11.2. The van der Waals surface area contributed by atoms with Crippen LogP contribution < -0.4 is 20.7 Å². The van der Waals surface area contributed by atoms with E-state index < -0.39 is 17.5 Å². The van der Waals surface area contributed by atoms with Crippen LogP contribution >= 0.6 is 0 Å². The summed E-state index contributed by atoms with van der Waals surface area (Å²) in [6.07, 6.45) is 0. The Bertz CT molecular complexity index is 1430. The largest absolute Gasteiger partial charge is 0.497 e. The number of furan rings is 1. The van der Waals surface area contributed by atoms with E-state index in [2.05, 4.69) is 20.9 Å². The molecule has 0 radical (unpaired) electrons. The zero-order valence-electron chi connectivity index (χ0n) is 20.6. The summed E-state index contributed by atoms with van der Waals surface area (Å²) in [6.45, 7) is 1.21. The summed E-state index contributed by atoms with van der Waals surface area (Å²) >= 11 is 0. The molecule has 2 aliphatic rings. The fraction of sp³-hybridized carbons (Fsp3) is 0.320. The number of rotatable bonds is 8. The maximum absolute atomic E-state index is 13.2. The predicted molar refractivity (Wildman–Crippen MR) is 131 cm³/mol. The molecule has 0 unspecified atom stereocenters. The number of carbonyl (C=O) groups excluding carboxylic acids is 4. The van der Waals surface area contributed by atoms with Crippen LogP contribution in [0.3, 0.4) is 0 Å². The maximum Gasteiger partial charge on any atom is 0.322 e. The molecule has 3 N–H and O–H groups in total. The molecule has 2 aliphatic heterocycles. The number of benzene rings is 1. The highest BCUT2D eigenvalue weighted by Crippen LogP contribution is 2.34. The minimum absolute atomic E-state index is 0.102. The van der Waals surface area contributed by atoms with Gasteiger partial charge in [0.05, 0.1) is 13.7 Å². The van der Waals surface area contributed by atoms with Crippen LogP contribution in [-0.2, 0) is 16.9 Å². The van der Waals surface area contributed by atoms with Gasteiger partial charge in [-0.25, -0.2) is 9.78 Å². The molecule has 0 aliphatic carbocycles. The highest BCUT2D eigenvalue weighted by Gasteiger charge is 2.53. The van der Waals surface area contributed by atoms with E-state index in [9.17, 15) is 19.2 Å². The van der Waals surface area contributed by atoms with E-state index in [4.69, 9.17) is 9.15 Å². The van der Waals surface area contributed by atoms with E-state index in [1.165, 1.54) is 24.1 Å². The van der Waals surface area contributed by atoms with Crippen LogP contribution in [0.25, 0.3) is 11.1 Å². The van der Waals surface area contributed by atoms with Crippen molar-refractivity contribution >= 4 is 34.9 Å². The average molecular weight is 507 g/mol. The summed E-state index contributed by atoms with van der Waals surface area (Å²) in [5.74, 6) is -0.651. The summed E-state index contributed by atoms with van der Waals surface area (Å²) in [5.41, 5.74) is 0.426. The number of carbonyl (C=O) groups is 4. The first-order valence-electron chi connectivity index (χ1n) is 11.6. The molecule has 0 spiro atoms. The molecule has 0 saturated carbocycles. The number of urea groups is 1. The van der Waals surface area contributed by atoms with Gasteiger partial charge in [0.25, 0.3) is 17.7 Å². The lowest BCUT2D eigenvalue weighted by Crippen LogP contribution is -2.52. The van der Waals surface area contributed by atoms with Crippen molar-refractivity contribution in [2.45, 2.75) is 12.1 Å². The fourth-order valence-electron chi connectivity index (χ4n) is 4.48. The quantitative estimate of drug-likeness (QED) is 0.381. The van der Waals surface area contributed by atoms with Crippen LogP contribution in [0.5, 0.6) is 5.75 Å². The topological polar surface area (TPSA) is 146 Å². The molecule has 2 aromatic heterocycles. The van der Waals surface area contributed by atoms with Crippen molar-refractivity contribution in [3.05, 3.63) is 59.0 Å². The second kappa shape index (κ2) is 9.21. The van der Waals surface area contributed by atoms with Crippen molar-refractivity contribution in [2.75, 3.05) is 40.8 Å². The molecule has 1 atom stereocenters. The Morgan fingerprint density at radius 2 is 2.03 bits per heavy atom. The van der Waals surface area contributed by atoms with Crippen molar-refractivity contribution in [2.24, 2.45) is 0 Å². The Morgan fingerprint density at radius 3 is 2.73 bits per heavy atom. The summed E-state index contributed by atoms with van der Waals surface area (Å²) in [4.78, 5) is 58.8. The molecule has 1 saturated heterocycles. The molecule has 12 heteroatoms. The van der Waals surface area contributed by atoms with Gasteiger partial charge in [-0.3, -0.25) is 19.7 Å². The smallest absolute Gasteiger partial charge is 0.322 e. The van der Waals surface area contributed by atoms with Gasteiger partial charge in [-0.1, -0.05) is 6.07 Å². The molecular formula is C25H26N6O6. The standard InChI is InChI=1S/C25H26N6O6/c1-30(2)9-8-26-21(32)17-6-7-19-18(27-17)11-20(37-19)25(23(34)28-24(35)29-25)13-31-12-14-4-5-15(36-3)10-16(14)22(31)33/h4-7,10-11H,8-9,12-13H2,1-3H3,(H,26,32)(H2,28,29,34,35)/t25-/m0/s1. The van der Waals surface area contributed by atoms with Gasteiger partial charge in [0, 0.05) is 31.3 Å². The number of imide groups is 1. The molecule has 4 heterocycles. The molecular weight excluding hydrogens is 480 g/mol. The van der Waals surface area contributed by atoms with E-state index in [0.717, 1.165) is 5.56 Å². The SMILES string of the molecule is COc1ccc2c(c1)C(=O)N(C[C@@]1(c3cc4nc(C(=O)NCCN(C)C)ccc4o3)NC(=O)NC1=O)C2. The molecule has 37 heavy (non-hydrogen) atoms. The zero-order valence-corrected chi connectivity index (χ0v) is 20.6. The van der Waals surface area contributed by atoms with Gasteiger partial charge in [0.15, 0.2) is 11.1 Å². The number of fused-ring (bicyclic) bond motifs is 2. The van der Waals surface area contributed by atoms with Crippen LogP contribution in [0.15, 0.2) is 40.8 Å². The number of nitrogens with one attached hydrogen (secondary N) is 3. The normalized spacial score (nSPS) is 18.8. The molecule has 1 fully saturated rings. The van der Waals surface area contributed by atoms with Gasteiger partial charge in [-0.15, -0.1) is 0 Å². The monoisotopic (exact) mass is 506 g/mol. The Balaban J connectivity index is 1.44. The molecule has 5 amide bonds. The predicted octanol–water partition coefficient (Wildman–Crippen LogP) is 0.819. The Morgan fingerprint density at radius 1 is 1.22 bits per heavy atom. The fourth-order valence-corrected chi connectivity index (χ4v) is 4.48. The van der Waals surface area contributed by atoms with E-state index >= 15 is 0 Å². The van der Waals surface area contributed by atoms with Gasteiger partial charge in [0.1, 0.15) is 22.7 Å². The number of hydrogen-bond acceptors (Lipinski definition) is 8. The third-order valence-corrected chi connectivity index (χ3v) is 6.44. The lowest BCUT2D eigenvalue weighted by Gasteiger charge is -2.28. The van der Waals surface area contributed by atoms with Crippen LogP contribution in [0.2, 0.25) is 0 Å². The number of hydrogen-bond donors (Lipinski definition) is 3. The van der Waals surface area contributed by atoms with Gasteiger partial charge < -0.3 is 29.6 Å². The van der Waals surface area contributed by atoms with Crippen molar-refractivity contribution in [1.82, 2.24) is 30.7 Å². The Hall–Kier alpha value is -4.45. The second-order valence-electron chi connectivity index (χ2n) is 9.25. The highest BCUT2D eigenvalue weighted by molar-refractivity contribution is 6.08. The lowest BCUT2D eigenvalue weighted by atomic mass is 9.95. The summed E-state index contributed by atoms with van der Waals surface area (Å²) in [7, 11) is 5.33. The van der Waals surface area contributed by atoms with Crippen LogP contribution in [0, 0.1) is 0 Å².